The first-order valence-electron chi connectivity index (χ1n) is 6.47. The highest BCUT2D eigenvalue weighted by atomic mass is 35.5. The number of nitro groups is 1. The first-order valence-corrected chi connectivity index (χ1v) is 6.85. The Bertz CT molecular complexity index is 491. The minimum atomic E-state index is -0.429. The smallest absolute Gasteiger partial charge is 0.311 e. The van der Waals surface area contributed by atoms with E-state index in [4.69, 9.17) is 11.6 Å². The van der Waals surface area contributed by atoms with Crippen molar-refractivity contribution >= 4 is 23.1 Å². The predicted octanol–water partition coefficient (Wildman–Crippen LogP) is 4.02. The molecule has 5 nitrogen and oxygen atoms in total. The van der Waals surface area contributed by atoms with Gasteiger partial charge in [-0.2, -0.15) is 0 Å². The molecule has 0 amide bonds. The molecule has 0 radical (unpaired) electrons. The van der Waals surface area contributed by atoms with Crippen molar-refractivity contribution in [2.24, 2.45) is 5.41 Å². The summed E-state index contributed by atoms with van der Waals surface area (Å²) in [6, 6.07) is 3.02. The lowest BCUT2D eigenvalue weighted by Gasteiger charge is -2.39. The van der Waals surface area contributed by atoms with Gasteiger partial charge >= 0.3 is 5.69 Å². The van der Waals surface area contributed by atoms with E-state index in [-0.39, 0.29) is 28.1 Å². The van der Waals surface area contributed by atoms with Crippen LogP contribution < -0.4 is 5.32 Å². The number of halogens is 1. The van der Waals surface area contributed by atoms with E-state index < -0.39 is 4.92 Å². The molecule has 1 aromatic rings. The van der Waals surface area contributed by atoms with Gasteiger partial charge < -0.3 is 5.32 Å². The van der Waals surface area contributed by atoms with Crippen LogP contribution in [0.4, 0.5) is 11.5 Å². The lowest BCUT2D eigenvalue weighted by atomic mass is 9.73. The molecule has 2 rings (SSSR count). The zero-order chi connectivity index (χ0) is 14.0. The topological polar surface area (TPSA) is 68.1 Å². The van der Waals surface area contributed by atoms with Gasteiger partial charge in [0.2, 0.25) is 5.82 Å². The van der Waals surface area contributed by atoms with Crippen molar-refractivity contribution in [2.45, 2.75) is 45.6 Å². The fourth-order valence-electron chi connectivity index (χ4n) is 2.61. The van der Waals surface area contributed by atoms with E-state index >= 15 is 0 Å². The molecule has 1 unspecified atom stereocenters. The molecule has 104 valence electrons. The average Bonchev–Trinajstić information content (AvgIpc) is 2.31. The molecule has 0 bridgehead atoms. The Kier molecular flexibility index (Phi) is 3.94. The first-order chi connectivity index (χ1) is 8.90. The summed E-state index contributed by atoms with van der Waals surface area (Å²) < 4.78 is 0. The highest BCUT2D eigenvalue weighted by Crippen LogP contribution is 2.38. The van der Waals surface area contributed by atoms with Crippen LogP contribution in [0.5, 0.6) is 0 Å². The van der Waals surface area contributed by atoms with Crippen LogP contribution in [0.3, 0.4) is 0 Å². The van der Waals surface area contributed by atoms with E-state index in [1.165, 1.54) is 18.6 Å². The van der Waals surface area contributed by atoms with Crippen molar-refractivity contribution in [1.29, 1.82) is 0 Å². The summed E-state index contributed by atoms with van der Waals surface area (Å²) in [7, 11) is 0. The zero-order valence-corrected chi connectivity index (χ0v) is 11.9. The Hall–Kier alpha value is -1.36. The monoisotopic (exact) mass is 283 g/mol. The molecule has 1 heterocycles. The third kappa shape index (κ3) is 3.15. The molecule has 0 saturated heterocycles. The molecule has 0 aromatic carbocycles. The van der Waals surface area contributed by atoms with E-state index in [1.54, 1.807) is 0 Å². The summed E-state index contributed by atoms with van der Waals surface area (Å²) in [5, 5.41) is 14.5. The second kappa shape index (κ2) is 5.33. The van der Waals surface area contributed by atoms with E-state index in [9.17, 15) is 10.1 Å². The Morgan fingerprint density at radius 2 is 2.21 bits per heavy atom. The SMILES string of the molecule is CC1(C)CCCCC1Nc1nc(Cl)ccc1[N+](=O)[O-]. The van der Waals surface area contributed by atoms with Crippen LogP contribution in [-0.4, -0.2) is 15.9 Å². The summed E-state index contributed by atoms with van der Waals surface area (Å²) in [4.78, 5) is 14.7. The van der Waals surface area contributed by atoms with Crippen LogP contribution in [-0.2, 0) is 0 Å². The van der Waals surface area contributed by atoms with Crippen LogP contribution in [0, 0.1) is 15.5 Å². The van der Waals surface area contributed by atoms with Crippen LogP contribution in [0.15, 0.2) is 12.1 Å². The van der Waals surface area contributed by atoms with Crippen LogP contribution in [0.2, 0.25) is 5.15 Å². The summed E-state index contributed by atoms with van der Waals surface area (Å²) in [5.74, 6) is 0.275. The Morgan fingerprint density at radius 1 is 1.47 bits per heavy atom. The summed E-state index contributed by atoms with van der Waals surface area (Å²) in [6.45, 7) is 4.36. The highest BCUT2D eigenvalue weighted by molar-refractivity contribution is 6.29. The molecule has 1 aromatic heterocycles. The van der Waals surface area contributed by atoms with E-state index in [0.29, 0.717) is 0 Å². The van der Waals surface area contributed by atoms with Gasteiger partial charge in [0.25, 0.3) is 0 Å². The Morgan fingerprint density at radius 3 is 2.84 bits per heavy atom. The lowest BCUT2D eigenvalue weighted by Crippen LogP contribution is -2.39. The molecule has 1 fully saturated rings. The van der Waals surface area contributed by atoms with Crippen molar-refractivity contribution in [1.82, 2.24) is 4.98 Å². The Labute approximate surface area is 117 Å². The van der Waals surface area contributed by atoms with Crippen molar-refractivity contribution in [2.75, 3.05) is 5.32 Å². The fourth-order valence-corrected chi connectivity index (χ4v) is 2.76. The number of aromatic nitrogens is 1. The molecular formula is C13H18ClN3O2. The van der Waals surface area contributed by atoms with E-state index in [2.05, 4.69) is 24.1 Å². The van der Waals surface area contributed by atoms with Crippen molar-refractivity contribution in [3.05, 3.63) is 27.4 Å². The predicted molar refractivity (Wildman–Crippen MR) is 75.6 cm³/mol. The fraction of sp³-hybridized carbons (Fsp3) is 0.615. The molecule has 0 aliphatic heterocycles. The largest absolute Gasteiger partial charge is 0.361 e. The number of rotatable bonds is 3. The maximum atomic E-state index is 11.0. The number of nitrogens with one attached hydrogen (secondary N) is 1. The van der Waals surface area contributed by atoms with Gasteiger partial charge in [-0.3, -0.25) is 10.1 Å². The van der Waals surface area contributed by atoms with Gasteiger partial charge in [0.05, 0.1) is 4.92 Å². The number of hydrogen-bond donors (Lipinski definition) is 1. The number of hydrogen-bond acceptors (Lipinski definition) is 4. The van der Waals surface area contributed by atoms with Gasteiger partial charge in [-0.05, 0) is 24.3 Å². The van der Waals surface area contributed by atoms with E-state index in [0.717, 1.165) is 19.3 Å². The van der Waals surface area contributed by atoms with Crippen LogP contribution >= 0.6 is 11.6 Å². The third-order valence-corrected chi connectivity index (χ3v) is 4.07. The number of anilines is 1. The maximum absolute atomic E-state index is 11.0. The molecule has 6 heteroatoms. The number of nitrogens with zero attached hydrogens (tertiary/aromatic N) is 2. The summed E-state index contributed by atoms with van der Waals surface area (Å²) >= 11 is 5.84. The quantitative estimate of drug-likeness (QED) is 0.517. The minimum absolute atomic E-state index is 0.0224. The van der Waals surface area contributed by atoms with Gasteiger partial charge in [-0.1, -0.05) is 38.3 Å². The molecule has 1 N–H and O–H groups in total. The average molecular weight is 284 g/mol. The maximum Gasteiger partial charge on any atom is 0.311 e. The van der Waals surface area contributed by atoms with Gasteiger partial charge in [0.15, 0.2) is 0 Å². The van der Waals surface area contributed by atoms with Gasteiger partial charge in [0.1, 0.15) is 5.15 Å². The third-order valence-electron chi connectivity index (χ3n) is 3.85. The number of pyridine rings is 1. The minimum Gasteiger partial charge on any atom is -0.361 e. The van der Waals surface area contributed by atoms with Gasteiger partial charge in [0, 0.05) is 12.1 Å². The van der Waals surface area contributed by atoms with Crippen LogP contribution in [0.25, 0.3) is 0 Å². The first kappa shape index (κ1) is 14.1. The Balaban J connectivity index is 2.27. The van der Waals surface area contributed by atoms with Crippen molar-refractivity contribution < 1.29 is 4.92 Å². The summed E-state index contributed by atoms with van der Waals surface area (Å²) in [5.41, 5.74) is 0.0848. The molecular weight excluding hydrogens is 266 g/mol. The second-order valence-electron chi connectivity index (χ2n) is 5.69. The lowest BCUT2D eigenvalue weighted by molar-refractivity contribution is -0.384. The molecule has 1 atom stereocenters. The van der Waals surface area contributed by atoms with Gasteiger partial charge in [-0.25, -0.2) is 4.98 Å². The summed E-state index contributed by atoms with van der Waals surface area (Å²) in [6.07, 6.45) is 4.45. The van der Waals surface area contributed by atoms with Crippen molar-refractivity contribution in [3.8, 4) is 0 Å². The van der Waals surface area contributed by atoms with Crippen molar-refractivity contribution in [3.63, 3.8) is 0 Å². The standard InChI is InChI=1S/C13H18ClN3O2/c1-13(2)8-4-3-5-10(13)15-12-9(17(18)19)6-7-11(14)16-12/h6-7,10H,3-5,8H2,1-2H3,(H,15,16). The highest BCUT2D eigenvalue weighted by Gasteiger charge is 2.33. The molecule has 0 spiro atoms. The van der Waals surface area contributed by atoms with Crippen LogP contribution in [0.1, 0.15) is 39.5 Å². The van der Waals surface area contributed by atoms with E-state index in [1.807, 2.05) is 0 Å². The molecule has 1 aliphatic rings. The normalized spacial score (nSPS) is 21.9. The molecule has 19 heavy (non-hydrogen) atoms. The van der Waals surface area contributed by atoms with Gasteiger partial charge in [-0.15, -0.1) is 0 Å². The molecule has 1 aliphatic carbocycles. The second-order valence-corrected chi connectivity index (χ2v) is 6.08. The zero-order valence-electron chi connectivity index (χ0n) is 11.1. The molecule has 1 saturated carbocycles.